The van der Waals surface area contributed by atoms with Crippen LogP contribution in [-0.2, 0) is 0 Å². The monoisotopic (exact) mass is 852 g/mol. The van der Waals surface area contributed by atoms with E-state index >= 15 is 0 Å². The van der Waals surface area contributed by atoms with Crippen LogP contribution in [-0.4, -0.2) is 87.2 Å². The fourth-order valence-electron chi connectivity index (χ4n) is 9.94. The van der Waals surface area contributed by atoms with Gasteiger partial charge in [-0.2, -0.15) is 0 Å². The highest BCUT2D eigenvalue weighted by Crippen LogP contribution is 2.42. The van der Waals surface area contributed by atoms with Crippen LogP contribution < -0.4 is 24.5 Å². The third-order valence-corrected chi connectivity index (χ3v) is 13.3. The normalized spacial score (nSPS) is 16.0. The van der Waals surface area contributed by atoms with Crippen LogP contribution in [0.5, 0.6) is 0 Å². The molecule has 12 nitrogen and oxygen atoms in total. The van der Waals surface area contributed by atoms with Gasteiger partial charge >= 0.3 is 0 Å². The minimum atomic E-state index is -0.644. The highest BCUT2D eigenvalue weighted by Gasteiger charge is 2.41. The van der Waals surface area contributed by atoms with Gasteiger partial charge in [0.1, 0.15) is 0 Å². The molecule has 6 aromatic carbocycles. The van der Waals surface area contributed by atoms with Crippen molar-refractivity contribution >= 4 is 85.4 Å². The second-order valence-corrected chi connectivity index (χ2v) is 17.3. The van der Waals surface area contributed by atoms with E-state index in [1.54, 1.807) is 54.6 Å². The number of unbranched alkanes of at least 4 members (excludes halogenated alkanes) is 5. The zero-order valence-corrected chi connectivity index (χ0v) is 36.2. The smallest absolute Gasteiger partial charge is 0.265 e. The van der Waals surface area contributed by atoms with E-state index in [4.69, 9.17) is 0 Å². The minimum absolute atomic E-state index is 0.163. The largest absolute Gasteiger partial charge is 0.378 e. The standard InChI is InChI=1S/C52H48N6O6/c1-4-5-6-7-8-9-26-56-47(59)39-20-22-41-46-42(23-21-40(45(39)46)48(56)60)52(64)58(51(41)63)35-13-10-12-34(31-35)57-49(61)37-15-11-14-36-43(25-24-38(44(36)37)50(57)62)55-29-27-54(28-30-55)33-18-16-32(17-19-33)53(2)3/h10-25,31H,4-9,26-30H2,1-3H3. The Hall–Kier alpha value is -7.34. The summed E-state index contributed by atoms with van der Waals surface area (Å²) in [4.78, 5) is 95.3. The van der Waals surface area contributed by atoms with Crippen LogP contribution in [0.2, 0.25) is 0 Å². The summed E-state index contributed by atoms with van der Waals surface area (Å²) in [5, 5.41) is 2.02. The Balaban J connectivity index is 0.906. The van der Waals surface area contributed by atoms with Crippen molar-refractivity contribution < 1.29 is 28.8 Å². The van der Waals surface area contributed by atoms with Crippen molar-refractivity contribution in [1.29, 1.82) is 0 Å². The number of hydrogen-bond acceptors (Lipinski definition) is 9. The molecule has 0 atom stereocenters. The van der Waals surface area contributed by atoms with E-state index in [9.17, 15) is 28.8 Å². The maximum absolute atomic E-state index is 14.4. The average molecular weight is 853 g/mol. The molecule has 4 aliphatic heterocycles. The highest BCUT2D eigenvalue weighted by molar-refractivity contribution is 6.40. The fourth-order valence-corrected chi connectivity index (χ4v) is 9.94. The first-order valence-electron chi connectivity index (χ1n) is 22.2. The Morgan fingerprint density at radius 3 is 1.48 bits per heavy atom. The van der Waals surface area contributed by atoms with Gasteiger partial charge in [-0.3, -0.25) is 33.7 Å². The lowest BCUT2D eigenvalue weighted by atomic mass is 9.85. The average Bonchev–Trinajstić information content (AvgIpc) is 3.31. The summed E-state index contributed by atoms with van der Waals surface area (Å²) in [5.41, 5.74) is 5.32. The Kier molecular flexibility index (Phi) is 10.2. The highest BCUT2D eigenvalue weighted by atomic mass is 16.2. The quantitative estimate of drug-likeness (QED) is 0.0878. The van der Waals surface area contributed by atoms with Gasteiger partial charge in [0.05, 0.1) is 11.4 Å². The van der Waals surface area contributed by atoms with E-state index in [0.717, 1.165) is 84.8 Å². The van der Waals surface area contributed by atoms with E-state index in [-0.39, 0.29) is 39.0 Å². The molecule has 1 fully saturated rings. The van der Waals surface area contributed by atoms with Crippen LogP contribution in [0.4, 0.5) is 28.4 Å². The fraction of sp³-hybridized carbons (Fsp3) is 0.269. The van der Waals surface area contributed by atoms with E-state index in [1.807, 2.05) is 32.3 Å². The molecule has 322 valence electrons. The second kappa shape index (κ2) is 16.1. The van der Waals surface area contributed by atoms with E-state index in [1.165, 1.54) is 16.7 Å². The van der Waals surface area contributed by atoms with Crippen LogP contribution in [0.25, 0.3) is 21.5 Å². The predicted octanol–water partition coefficient (Wildman–Crippen LogP) is 8.94. The molecular weight excluding hydrogens is 805 g/mol. The van der Waals surface area contributed by atoms with E-state index in [2.05, 4.69) is 45.9 Å². The lowest BCUT2D eigenvalue weighted by Gasteiger charge is -2.38. The zero-order valence-electron chi connectivity index (χ0n) is 36.2. The molecule has 4 aliphatic rings. The van der Waals surface area contributed by atoms with Crippen LogP contribution in [0.15, 0.2) is 103 Å². The number of anilines is 5. The number of rotatable bonds is 12. The lowest BCUT2D eigenvalue weighted by molar-refractivity contribution is 0.0605. The summed E-state index contributed by atoms with van der Waals surface area (Å²) in [5.74, 6) is -3.18. The Morgan fingerprint density at radius 2 is 0.922 bits per heavy atom. The molecule has 0 N–H and O–H groups in total. The summed E-state index contributed by atoms with van der Waals surface area (Å²) in [7, 11) is 4.05. The van der Waals surface area contributed by atoms with Gasteiger partial charge in [0.2, 0.25) is 0 Å². The number of piperazine rings is 1. The maximum atomic E-state index is 14.4. The van der Waals surface area contributed by atoms with Gasteiger partial charge in [-0.05, 0) is 91.3 Å². The maximum Gasteiger partial charge on any atom is 0.265 e. The van der Waals surface area contributed by atoms with Gasteiger partial charge in [-0.15, -0.1) is 0 Å². The van der Waals surface area contributed by atoms with Crippen molar-refractivity contribution in [3.63, 3.8) is 0 Å². The summed E-state index contributed by atoms with van der Waals surface area (Å²) < 4.78 is 0. The van der Waals surface area contributed by atoms with E-state index in [0.29, 0.717) is 34.9 Å². The van der Waals surface area contributed by atoms with Gasteiger partial charge < -0.3 is 14.7 Å². The van der Waals surface area contributed by atoms with Crippen molar-refractivity contribution in [2.24, 2.45) is 0 Å². The molecule has 0 unspecified atom stereocenters. The molecule has 64 heavy (non-hydrogen) atoms. The molecule has 0 aromatic heterocycles. The molecular formula is C52H48N6O6. The van der Waals surface area contributed by atoms with Gasteiger partial charge in [0.15, 0.2) is 0 Å². The third kappa shape index (κ3) is 6.50. The molecule has 10 rings (SSSR count). The summed E-state index contributed by atoms with van der Waals surface area (Å²) >= 11 is 0. The van der Waals surface area contributed by atoms with Crippen LogP contribution in [0.1, 0.15) is 108 Å². The molecule has 4 heterocycles. The second-order valence-electron chi connectivity index (χ2n) is 17.3. The van der Waals surface area contributed by atoms with Crippen molar-refractivity contribution in [3.8, 4) is 0 Å². The topological polar surface area (TPSA) is 122 Å². The number of carbonyl (C=O) groups excluding carboxylic acids is 6. The molecule has 0 spiro atoms. The number of carbonyl (C=O) groups is 6. The molecule has 0 radical (unpaired) electrons. The molecule has 0 saturated carbocycles. The van der Waals surface area contributed by atoms with Crippen LogP contribution >= 0.6 is 0 Å². The number of hydrogen-bond donors (Lipinski definition) is 0. The first-order valence-corrected chi connectivity index (χ1v) is 22.2. The van der Waals surface area contributed by atoms with Crippen LogP contribution in [0.3, 0.4) is 0 Å². The zero-order chi connectivity index (χ0) is 44.4. The third-order valence-electron chi connectivity index (χ3n) is 13.3. The molecule has 0 bridgehead atoms. The number of nitrogens with zero attached hydrogens (tertiary/aromatic N) is 6. The Bertz CT molecular complexity index is 2880. The van der Waals surface area contributed by atoms with Gasteiger partial charge in [0, 0.05) is 119 Å². The summed E-state index contributed by atoms with van der Waals surface area (Å²) in [6.07, 6.45) is 6.05. The molecule has 6 amide bonds. The number of imide groups is 3. The molecule has 12 heteroatoms. The number of amides is 6. The van der Waals surface area contributed by atoms with Crippen molar-refractivity contribution in [2.75, 3.05) is 71.3 Å². The van der Waals surface area contributed by atoms with Gasteiger partial charge in [0.25, 0.3) is 35.4 Å². The minimum Gasteiger partial charge on any atom is -0.378 e. The summed E-state index contributed by atoms with van der Waals surface area (Å²) in [6.45, 7) is 5.60. The SMILES string of the molecule is CCCCCCCCN1C(=O)c2ccc3c4c(ccc(c24)C1=O)C(=O)N(c1cccc(N2C(=O)c4cccc5c(N6CCN(c7ccc(N(C)C)cc7)CC6)ccc(c45)C2=O)c1)C3=O. The Labute approximate surface area is 371 Å². The Morgan fingerprint density at radius 1 is 0.453 bits per heavy atom. The van der Waals surface area contributed by atoms with Crippen molar-refractivity contribution in [3.05, 3.63) is 137 Å². The first-order chi connectivity index (χ1) is 31.1. The predicted molar refractivity (Wildman–Crippen MR) is 251 cm³/mol. The van der Waals surface area contributed by atoms with Crippen LogP contribution in [0, 0.1) is 0 Å². The van der Waals surface area contributed by atoms with E-state index < -0.39 is 35.4 Å². The van der Waals surface area contributed by atoms with Gasteiger partial charge in [-0.1, -0.05) is 57.2 Å². The van der Waals surface area contributed by atoms with Gasteiger partial charge in [-0.25, -0.2) is 9.80 Å². The molecule has 1 saturated heterocycles. The first kappa shape index (κ1) is 40.7. The lowest BCUT2D eigenvalue weighted by Crippen LogP contribution is -2.46. The van der Waals surface area contributed by atoms with Crippen molar-refractivity contribution in [1.82, 2.24) is 4.90 Å². The summed E-state index contributed by atoms with van der Waals surface area (Å²) in [6, 6.07) is 30.3. The molecule has 0 aliphatic carbocycles. The number of benzene rings is 6. The van der Waals surface area contributed by atoms with Crippen molar-refractivity contribution in [2.45, 2.75) is 45.4 Å². The molecule has 6 aromatic rings.